The van der Waals surface area contributed by atoms with E-state index in [2.05, 4.69) is 26.6 Å². The molecule has 16 heteroatoms. The van der Waals surface area contributed by atoms with Gasteiger partial charge in [0.05, 0.1) is 27.8 Å². The van der Waals surface area contributed by atoms with Gasteiger partial charge < -0.3 is 15.4 Å². The van der Waals surface area contributed by atoms with Gasteiger partial charge in [-0.25, -0.2) is 13.6 Å². The number of hydrogen-bond acceptors (Lipinski definition) is 4. The molecule has 0 aromatic heterocycles. The predicted molar refractivity (Wildman–Crippen MR) is 164 cm³/mol. The highest BCUT2D eigenvalue weighted by atomic mass is 79.9. The van der Waals surface area contributed by atoms with E-state index in [1.165, 1.54) is 18.2 Å². The number of carbonyl (C=O) groups excluding carboxylic acids is 3. The van der Waals surface area contributed by atoms with Crippen molar-refractivity contribution in [3.63, 3.8) is 0 Å². The van der Waals surface area contributed by atoms with E-state index >= 15 is 4.39 Å². The molecule has 1 fully saturated rings. The van der Waals surface area contributed by atoms with E-state index < -0.39 is 74.4 Å². The average molecular weight is 758 g/mol. The first kappa shape index (κ1) is 34.7. The summed E-state index contributed by atoms with van der Waals surface area (Å²) in [6.45, 7) is 4.66. The molecule has 1 saturated carbocycles. The molecule has 0 aliphatic heterocycles. The Morgan fingerprint density at radius 2 is 1.60 bits per heavy atom. The highest BCUT2D eigenvalue weighted by Crippen LogP contribution is 2.65. The number of amides is 3. The number of nitrogens with one attached hydrogen (secondary N) is 3. The van der Waals surface area contributed by atoms with Crippen LogP contribution in [-0.4, -0.2) is 27.8 Å². The maximum atomic E-state index is 15.1. The van der Waals surface area contributed by atoms with Gasteiger partial charge in [0.1, 0.15) is 21.4 Å². The lowest BCUT2D eigenvalue weighted by Gasteiger charge is -2.20. The average Bonchev–Trinajstić information content (AvgIpc) is 3.49. The molecule has 7 nitrogen and oxygen atoms in total. The van der Waals surface area contributed by atoms with Crippen molar-refractivity contribution in [2.24, 2.45) is 5.92 Å². The normalized spacial score (nSPS) is 17.3. The fraction of sp³-hybridized carbons (Fsp3) is 0.276. The molecular formula is C29H22BrCl3F5N3O4. The van der Waals surface area contributed by atoms with Gasteiger partial charge in [0.15, 0.2) is 5.82 Å². The summed E-state index contributed by atoms with van der Waals surface area (Å²) < 4.78 is 72.8. The second-order valence-corrected chi connectivity index (χ2v) is 13.7. The minimum Gasteiger partial charge on any atom is -0.444 e. The Bertz CT molecular complexity index is 1700. The first-order valence-electron chi connectivity index (χ1n) is 12.8. The summed E-state index contributed by atoms with van der Waals surface area (Å²) in [6, 6.07) is 8.58. The number of ether oxygens (including phenoxy) is 1. The Labute approximate surface area is 276 Å². The maximum absolute atomic E-state index is 15.1. The summed E-state index contributed by atoms with van der Waals surface area (Å²) in [7, 11) is 0. The Morgan fingerprint density at radius 3 is 2.22 bits per heavy atom. The summed E-state index contributed by atoms with van der Waals surface area (Å²) in [4.78, 5) is 38.2. The van der Waals surface area contributed by atoms with Gasteiger partial charge in [-0.05, 0) is 74.9 Å². The standard InChI is InChI=1S/C29H22BrCl3F5N3O4/c1-27(2,3)45-26(44)41-23-18(34)6-7-19(22(23)35)40-24(42)16-11-15(4-5-17(16)31)39-25(43)21-20(28(21,32)33)12-8-13(29(36,37)38)10-14(30)9-12/h4-11,20-21H,1-3H3,(H,39,43)(H,40,42)(H,41,44)/t20-,21+/m0/s1. The van der Waals surface area contributed by atoms with Crippen molar-refractivity contribution in [2.75, 3.05) is 16.0 Å². The third-order valence-electron chi connectivity index (χ3n) is 6.39. The van der Waals surface area contributed by atoms with Crippen LogP contribution in [0.1, 0.15) is 48.2 Å². The molecular weight excluding hydrogens is 736 g/mol. The van der Waals surface area contributed by atoms with Crippen molar-refractivity contribution in [1.29, 1.82) is 0 Å². The van der Waals surface area contributed by atoms with E-state index in [4.69, 9.17) is 39.5 Å². The van der Waals surface area contributed by atoms with E-state index in [9.17, 15) is 31.9 Å². The number of rotatable bonds is 6. The van der Waals surface area contributed by atoms with E-state index in [-0.39, 0.29) is 26.3 Å². The number of halogens is 9. The lowest BCUT2D eigenvalue weighted by molar-refractivity contribution is -0.137. The summed E-state index contributed by atoms with van der Waals surface area (Å²) in [5.74, 6) is -6.31. The van der Waals surface area contributed by atoms with Crippen LogP contribution in [0.15, 0.2) is 53.0 Å². The zero-order valence-electron chi connectivity index (χ0n) is 23.3. The third-order valence-corrected chi connectivity index (χ3v) is 8.11. The molecule has 3 N–H and O–H groups in total. The molecule has 0 radical (unpaired) electrons. The van der Waals surface area contributed by atoms with Crippen molar-refractivity contribution in [2.45, 2.75) is 42.8 Å². The van der Waals surface area contributed by atoms with Crippen LogP contribution in [0.4, 0.5) is 43.8 Å². The summed E-state index contributed by atoms with van der Waals surface area (Å²) in [5, 5.41) is 6.59. The first-order valence-corrected chi connectivity index (χ1v) is 14.8. The molecule has 3 amide bonds. The highest BCUT2D eigenvalue weighted by Gasteiger charge is 2.67. The highest BCUT2D eigenvalue weighted by molar-refractivity contribution is 9.10. The molecule has 0 heterocycles. The predicted octanol–water partition coefficient (Wildman–Crippen LogP) is 9.52. The quantitative estimate of drug-likeness (QED) is 0.173. The van der Waals surface area contributed by atoms with Crippen molar-refractivity contribution < 1.29 is 41.1 Å². The van der Waals surface area contributed by atoms with Gasteiger partial charge >= 0.3 is 12.3 Å². The molecule has 4 rings (SSSR count). The minimum atomic E-state index is -4.65. The van der Waals surface area contributed by atoms with Crippen LogP contribution in [0, 0.1) is 17.6 Å². The Balaban J connectivity index is 1.52. The van der Waals surface area contributed by atoms with Gasteiger partial charge in [0.2, 0.25) is 5.91 Å². The summed E-state index contributed by atoms with van der Waals surface area (Å²) >= 11 is 21.8. The van der Waals surface area contributed by atoms with Gasteiger partial charge in [-0.15, -0.1) is 23.2 Å². The zero-order chi connectivity index (χ0) is 33.6. The van der Waals surface area contributed by atoms with Crippen LogP contribution >= 0.6 is 50.7 Å². The Kier molecular flexibility index (Phi) is 9.71. The number of benzene rings is 3. The van der Waals surface area contributed by atoms with Crippen LogP contribution in [0.3, 0.4) is 0 Å². The lowest BCUT2D eigenvalue weighted by atomic mass is 10.0. The molecule has 2 atom stereocenters. The smallest absolute Gasteiger partial charge is 0.416 e. The van der Waals surface area contributed by atoms with Gasteiger partial charge in [-0.3, -0.25) is 14.9 Å². The molecule has 45 heavy (non-hydrogen) atoms. The molecule has 240 valence electrons. The topological polar surface area (TPSA) is 96.5 Å². The maximum Gasteiger partial charge on any atom is 0.416 e. The van der Waals surface area contributed by atoms with E-state index in [0.29, 0.717) is 0 Å². The van der Waals surface area contributed by atoms with E-state index in [1.54, 1.807) is 20.8 Å². The molecule has 0 saturated heterocycles. The minimum absolute atomic E-state index is 0.0291. The Morgan fingerprint density at radius 1 is 0.933 bits per heavy atom. The molecule has 3 aromatic carbocycles. The van der Waals surface area contributed by atoms with Crippen LogP contribution in [0.5, 0.6) is 0 Å². The van der Waals surface area contributed by atoms with Crippen molar-refractivity contribution in [3.05, 3.63) is 86.4 Å². The summed E-state index contributed by atoms with van der Waals surface area (Å²) in [6.07, 6.45) is -5.79. The molecule has 3 aromatic rings. The molecule has 1 aliphatic rings. The van der Waals surface area contributed by atoms with Crippen LogP contribution in [0.25, 0.3) is 0 Å². The second-order valence-electron chi connectivity index (χ2n) is 10.9. The molecule has 0 unspecified atom stereocenters. The third kappa shape index (κ3) is 8.00. The van der Waals surface area contributed by atoms with Crippen LogP contribution in [-0.2, 0) is 15.7 Å². The van der Waals surface area contributed by atoms with Gasteiger partial charge in [0, 0.05) is 16.1 Å². The zero-order valence-corrected chi connectivity index (χ0v) is 27.2. The molecule has 0 spiro atoms. The van der Waals surface area contributed by atoms with Crippen molar-refractivity contribution in [1.82, 2.24) is 0 Å². The van der Waals surface area contributed by atoms with Crippen molar-refractivity contribution in [3.8, 4) is 0 Å². The number of carbonyl (C=O) groups is 3. The van der Waals surface area contributed by atoms with Gasteiger partial charge in [-0.2, -0.15) is 13.2 Å². The number of anilines is 3. The van der Waals surface area contributed by atoms with Crippen LogP contribution < -0.4 is 16.0 Å². The largest absolute Gasteiger partial charge is 0.444 e. The monoisotopic (exact) mass is 755 g/mol. The second kappa shape index (κ2) is 12.6. The molecule has 1 aliphatic carbocycles. The van der Waals surface area contributed by atoms with E-state index in [1.807, 2.05) is 5.32 Å². The van der Waals surface area contributed by atoms with Crippen molar-refractivity contribution >= 4 is 85.7 Å². The SMILES string of the molecule is CC(C)(C)OC(=O)Nc1c(F)ccc(NC(=O)c2cc(NC(=O)[C@H]3[C@H](c4cc(Br)cc(C(F)(F)F)c4)C3(Cl)Cl)ccc2Cl)c1F. The molecule has 0 bridgehead atoms. The van der Waals surface area contributed by atoms with Crippen LogP contribution in [0.2, 0.25) is 5.02 Å². The summed E-state index contributed by atoms with van der Waals surface area (Å²) in [5.41, 5.74) is -3.42. The fourth-order valence-electron chi connectivity index (χ4n) is 4.38. The number of hydrogen-bond donors (Lipinski definition) is 3. The van der Waals surface area contributed by atoms with Gasteiger partial charge in [-0.1, -0.05) is 27.5 Å². The number of alkyl halides is 5. The van der Waals surface area contributed by atoms with Gasteiger partial charge in [0.25, 0.3) is 5.91 Å². The fourth-order valence-corrected chi connectivity index (χ4v) is 5.92. The lowest BCUT2D eigenvalue weighted by Crippen LogP contribution is -2.28. The van der Waals surface area contributed by atoms with E-state index in [0.717, 1.165) is 30.3 Å². The Hall–Kier alpha value is -3.13. The first-order chi connectivity index (χ1) is 20.7.